The average Bonchev–Trinajstić information content (AvgIpc) is 3.47. The second-order valence-electron chi connectivity index (χ2n) is 7.63. The Balaban J connectivity index is 1.45. The molecule has 0 aliphatic carbocycles. The molecule has 0 bridgehead atoms. The Morgan fingerprint density at radius 2 is 1.84 bits per heavy atom. The maximum absolute atomic E-state index is 12.7. The number of para-hydroxylation sites is 1. The Morgan fingerprint density at radius 3 is 2.59 bits per heavy atom. The smallest absolute Gasteiger partial charge is 0.242 e. The molecule has 1 fully saturated rings. The fourth-order valence-electron chi connectivity index (χ4n) is 3.90. The number of methoxy groups -OCH3 is 2. The minimum Gasteiger partial charge on any atom is -0.497 e. The van der Waals surface area contributed by atoms with E-state index in [0.717, 1.165) is 41.7 Å². The van der Waals surface area contributed by atoms with Crippen molar-refractivity contribution in [1.29, 1.82) is 0 Å². The average molecular weight is 454 g/mol. The molecule has 3 aromatic rings. The molecule has 168 valence electrons. The molecule has 2 heterocycles. The predicted molar refractivity (Wildman–Crippen MR) is 127 cm³/mol. The summed E-state index contributed by atoms with van der Waals surface area (Å²) in [5, 5.41) is 3.94. The molecule has 1 N–H and O–H groups in total. The lowest BCUT2D eigenvalue weighted by Crippen LogP contribution is -2.30. The monoisotopic (exact) mass is 453 g/mol. The third-order valence-electron chi connectivity index (χ3n) is 5.56. The number of anilines is 1. The van der Waals surface area contributed by atoms with Crippen LogP contribution >= 0.6 is 11.8 Å². The Hall–Kier alpha value is -3.13. The van der Waals surface area contributed by atoms with Gasteiger partial charge in [0.15, 0.2) is 0 Å². The summed E-state index contributed by atoms with van der Waals surface area (Å²) in [5.74, 6) is 1.45. The lowest BCUT2D eigenvalue weighted by atomic mass is 10.2. The van der Waals surface area contributed by atoms with Crippen molar-refractivity contribution in [3.05, 3.63) is 48.7 Å². The van der Waals surface area contributed by atoms with Gasteiger partial charge in [-0.25, -0.2) is 0 Å². The van der Waals surface area contributed by atoms with Gasteiger partial charge in [0.05, 0.1) is 25.7 Å². The van der Waals surface area contributed by atoms with E-state index in [2.05, 4.69) is 5.32 Å². The number of rotatable bonds is 8. The molecule has 0 radical (unpaired) electrons. The Kier molecular flexibility index (Phi) is 6.90. The summed E-state index contributed by atoms with van der Waals surface area (Å²) in [6.07, 6.45) is 4.13. The van der Waals surface area contributed by atoms with Gasteiger partial charge in [-0.1, -0.05) is 18.2 Å². The number of benzene rings is 2. The lowest BCUT2D eigenvalue weighted by Gasteiger charge is -2.15. The van der Waals surface area contributed by atoms with Crippen LogP contribution in [0.15, 0.2) is 53.6 Å². The van der Waals surface area contributed by atoms with Crippen LogP contribution in [0.2, 0.25) is 0 Å². The van der Waals surface area contributed by atoms with E-state index in [1.54, 1.807) is 32.4 Å². The number of thioether (sulfide) groups is 1. The highest BCUT2D eigenvalue weighted by molar-refractivity contribution is 8.00. The summed E-state index contributed by atoms with van der Waals surface area (Å²) in [6, 6.07) is 13.2. The van der Waals surface area contributed by atoms with Crippen molar-refractivity contribution in [2.45, 2.75) is 24.3 Å². The molecule has 1 saturated heterocycles. The number of carbonyl (C=O) groups excluding carboxylic acids is 2. The van der Waals surface area contributed by atoms with Crippen LogP contribution in [-0.4, -0.2) is 54.3 Å². The quantitative estimate of drug-likeness (QED) is 0.522. The van der Waals surface area contributed by atoms with Crippen LogP contribution < -0.4 is 14.8 Å². The van der Waals surface area contributed by atoms with Gasteiger partial charge in [-0.2, -0.15) is 0 Å². The van der Waals surface area contributed by atoms with Crippen LogP contribution in [0, 0.1) is 0 Å². The van der Waals surface area contributed by atoms with Crippen LogP contribution in [0.1, 0.15) is 12.8 Å². The lowest BCUT2D eigenvalue weighted by molar-refractivity contribution is -0.130. The highest BCUT2D eigenvalue weighted by Gasteiger charge is 2.20. The van der Waals surface area contributed by atoms with Gasteiger partial charge in [-0.3, -0.25) is 9.59 Å². The third kappa shape index (κ3) is 4.85. The standard InChI is InChI=1S/C24H27N3O4S/c1-30-17-9-10-19(21(13-17)31-2)25-23(28)16-32-22-14-27(20-8-4-3-7-18(20)22)15-24(29)26-11-5-6-12-26/h3-4,7-10,13-14H,5-6,11-12,15-16H2,1-2H3,(H,25,28). The number of ether oxygens (including phenoxy) is 2. The van der Waals surface area contributed by atoms with Crippen molar-refractivity contribution in [2.24, 2.45) is 0 Å². The van der Waals surface area contributed by atoms with E-state index in [1.807, 2.05) is 39.9 Å². The number of aromatic nitrogens is 1. The first kappa shape index (κ1) is 22.1. The predicted octanol–water partition coefficient (Wildman–Crippen LogP) is 4.01. The summed E-state index contributed by atoms with van der Waals surface area (Å²) >= 11 is 1.46. The molecule has 2 amide bonds. The van der Waals surface area contributed by atoms with Gasteiger partial charge < -0.3 is 24.3 Å². The number of amides is 2. The van der Waals surface area contributed by atoms with E-state index in [-0.39, 0.29) is 17.6 Å². The van der Waals surface area contributed by atoms with Crippen molar-refractivity contribution < 1.29 is 19.1 Å². The van der Waals surface area contributed by atoms with Gasteiger partial charge in [-0.15, -0.1) is 11.8 Å². The number of hydrogen-bond acceptors (Lipinski definition) is 5. The van der Waals surface area contributed by atoms with Gasteiger partial charge >= 0.3 is 0 Å². The maximum Gasteiger partial charge on any atom is 0.242 e. The molecule has 8 heteroatoms. The normalized spacial score (nSPS) is 13.4. The number of nitrogens with one attached hydrogen (secondary N) is 1. The first-order chi connectivity index (χ1) is 15.6. The zero-order chi connectivity index (χ0) is 22.5. The Labute approximate surface area is 191 Å². The molecule has 4 rings (SSSR count). The second-order valence-corrected chi connectivity index (χ2v) is 8.65. The largest absolute Gasteiger partial charge is 0.497 e. The Bertz CT molecular complexity index is 1120. The van der Waals surface area contributed by atoms with Gasteiger partial charge in [0.1, 0.15) is 18.0 Å². The molecule has 7 nitrogen and oxygen atoms in total. The molecule has 0 unspecified atom stereocenters. The van der Waals surface area contributed by atoms with Crippen molar-refractivity contribution in [2.75, 3.05) is 38.4 Å². The number of carbonyl (C=O) groups is 2. The zero-order valence-corrected chi connectivity index (χ0v) is 19.1. The van der Waals surface area contributed by atoms with Gasteiger partial charge in [0.2, 0.25) is 11.8 Å². The number of likely N-dealkylation sites (tertiary alicyclic amines) is 1. The highest BCUT2D eigenvalue weighted by atomic mass is 32.2. The minimum atomic E-state index is -0.136. The van der Waals surface area contributed by atoms with Gasteiger partial charge in [0, 0.05) is 41.2 Å². The highest BCUT2D eigenvalue weighted by Crippen LogP contribution is 2.32. The van der Waals surface area contributed by atoms with Crippen LogP contribution in [0.5, 0.6) is 11.5 Å². The van der Waals surface area contributed by atoms with Crippen LogP contribution in [-0.2, 0) is 16.1 Å². The van der Waals surface area contributed by atoms with Crippen molar-refractivity contribution in [1.82, 2.24) is 9.47 Å². The Morgan fingerprint density at radius 1 is 1.06 bits per heavy atom. The summed E-state index contributed by atoms with van der Waals surface area (Å²) in [7, 11) is 3.14. The molecule has 0 saturated carbocycles. The van der Waals surface area contributed by atoms with E-state index in [4.69, 9.17) is 9.47 Å². The molecule has 0 spiro atoms. The fraction of sp³-hybridized carbons (Fsp3) is 0.333. The van der Waals surface area contributed by atoms with E-state index >= 15 is 0 Å². The molecule has 1 aliphatic rings. The van der Waals surface area contributed by atoms with E-state index < -0.39 is 0 Å². The van der Waals surface area contributed by atoms with Gasteiger partial charge in [0.25, 0.3) is 0 Å². The molecule has 32 heavy (non-hydrogen) atoms. The van der Waals surface area contributed by atoms with E-state index in [0.29, 0.717) is 23.7 Å². The van der Waals surface area contributed by atoms with Crippen molar-refractivity contribution in [3.8, 4) is 11.5 Å². The summed E-state index contributed by atoms with van der Waals surface area (Å²) in [5.41, 5.74) is 1.59. The maximum atomic E-state index is 12.7. The van der Waals surface area contributed by atoms with E-state index in [9.17, 15) is 9.59 Å². The summed E-state index contributed by atoms with van der Waals surface area (Å²) in [4.78, 5) is 28.2. The first-order valence-corrected chi connectivity index (χ1v) is 11.6. The number of hydrogen-bond donors (Lipinski definition) is 1. The van der Waals surface area contributed by atoms with Crippen LogP contribution in [0.4, 0.5) is 5.69 Å². The van der Waals surface area contributed by atoms with Crippen molar-refractivity contribution in [3.63, 3.8) is 0 Å². The van der Waals surface area contributed by atoms with Crippen LogP contribution in [0.3, 0.4) is 0 Å². The van der Waals surface area contributed by atoms with Crippen molar-refractivity contribution >= 4 is 40.2 Å². The topological polar surface area (TPSA) is 72.8 Å². The SMILES string of the molecule is COc1ccc(NC(=O)CSc2cn(CC(=O)N3CCCC3)c3ccccc23)c(OC)c1. The fourth-order valence-corrected chi connectivity index (χ4v) is 4.79. The molecule has 1 aliphatic heterocycles. The first-order valence-electron chi connectivity index (χ1n) is 10.6. The number of nitrogens with zero attached hydrogens (tertiary/aromatic N) is 2. The molecule has 2 aromatic carbocycles. The van der Waals surface area contributed by atoms with E-state index in [1.165, 1.54) is 11.8 Å². The molecular weight excluding hydrogens is 426 g/mol. The van der Waals surface area contributed by atoms with Gasteiger partial charge in [-0.05, 0) is 31.0 Å². The molecule has 0 atom stereocenters. The molecule has 1 aromatic heterocycles. The molecular formula is C24H27N3O4S. The van der Waals surface area contributed by atoms with Crippen LogP contribution in [0.25, 0.3) is 10.9 Å². The summed E-state index contributed by atoms with van der Waals surface area (Å²) < 4.78 is 12.5. The number of fused-ring (bicyclic) bond motifs is 1. The third-order valence-corrected chi connectivity index (χ3v) is 6.60. The summed E-state index contributed by atoms with van der Waals surface area (Å²) in [6.45, 7) is 2.00. The minimum absolute atomic E-state index is 0.136. The zero-order valence-electron chi connectivity index (χ0n) is 18.3. The second kappa shape index (κ2) is 9.99.